The molecule has 0 fully saturated rings. The Morgan fingerprint density at radius 3 is 2.52 bits per heavy atom. The molecule has 0 aliphatic carbocycles. The van der Waals surface area contributed by atoms with Gasteiger partial charge in [0.05, 0.1) is 6.04 Å². The van der Waals surface area contributed by atoms with Crippen molar-refractivity contribution in [1.29, 1.82) is 0 Å². The number of rotatable bonds is 8. The predicted octanol–water partition coefficient (Wildman–Crippen LogP) is 1.99. The van der Waals surface area contributed by atoms with Crippen LogP contribution >= 0.6 is 0 Å². The highest BCUT2D eigenvalue weighted by molar-refractivity contribution is 6.38. The number of nitrogens with one attached hydrogen (secondary N) is 1. The molecule has 1 atom stereocenters. The van der Waals surface area contributed by atoms with E-state index >= 15 is 0 Å². The van der Waals surface area contributed by atoms with Gasteiger partial charge in [0.15, 0.2) is 5.89 Å². The Labute approximate surface area is 145 Å². The highest BCUT2D eigenvalue weighted by Crippen LogP contribution is 2.23. The van der Waals surface area contributed by atoms with Crippen molar-refractivity contribution in [3.05, 3.63) is 42.0 Å². The average molecular weight is 343 g/mol. The van der Waals surface area contributed by atoms with Crippen molar-refractivity contribution in [2.45, 2.75) is 39.2 Å². The van der Waals surface area contributed by atoms with E-state index in [9.17, 15) is 14.4 Å². The first-order valence-electron chi connectivity index (χ1n) is 8.11. The Hall–Kier alpha value is -2.96. The van der Waals surface area contributed by atoms with Crippen LogP contribution in [-0.4, -0.2) is 28.6 Å². The number of hydrogen-bond donors (Lipinski definition) is 2. The van der Waals surface area contributed by atoms with Gasteiger partial charge in [-0.15, -0.1) is 0 Å². The first kappa shape index (κ1) is 18.4. The summed E-state index contributed by atoms with van der Waals surface area (Å²) < 4.78 is 5.43. The number of aryl methyl sites for hydroxylation is 1. The number of nitrogens with two attached hydrogens (primary N) is 1. The van der Waals surface area contributed by atoms with Gasteiger partial charge in [0.1, 0.15) is 5.69 Å². The molecule has 2 amide bonds. The molecule has 2 rings (SSSR count). The summed E-state index contributed by atoms with van der Waals surface area (Å²) in [6.45, 7) is 3.58. The molecule has 0 aliphatic heterocycles. The van der Waals surface area contributed by atoms with Crippen LogP contribution in [0, 0.1) is 6.92 Å². The van der Waals surface area contributed by atoms with E-state index in [-0.39, 0.29) is 5.76 Å². The molecule has 0 bridgehead atoms. The van der Waals surface area contributed by atoms with Crippen molar-refractivity contribution in [1.82, 2.24) is 10.3 Å². The zero-order chi connectivity index (χ0) is 18.4. The van der Waals surface area contributed by atoms with Gasteiger partial charge in [0.2, 0.25) is 11.5 Å². The van der Waals surface area contributed by atoms with Crippen molar-refractivity contribution >= 4 is 17.6 Å². The van der Waals surface area contributed by atoms with Crippen LogP contribution in [0.5, 0.6) is 0 Å². The SMILES string of the molecule is CCCCC(NC(=O)c1oc(C)nc1-c1ccccc1)C(=O)C(N)=O. The lowest BCUT2D eigenvalue weighted by Gasteiger charge is -2.15. The molecule has 0 radical (unpaired) electrons. The predicted molar refractivity (Wildman–Crippen MR) is 91.7 cm³/mol. The van der Waals surface area contributed by atoms with Crippen molar-refractivity contribution in [3.63, 3.8) is 0 Å². The zero-order valence-corrected chi connectivity index (χ0v) is 14.2. The molecule has 1 aromatic carbocycles. The van der Waals surface area contributed by atoms with Crippen LogP contribution < -0.4 is 11.1 Å². The van der Waals surface area contributed by atoms with Gasteiger partial charge in [-0.1, -0.05) is 50.1 Å². The topological polar surface area (TPSA) is 115 Å². The largest absolute Gasteiger partial charge is 0.435 e. The number of hydrogen-bond acceptors (Lipinski definition) is 5. The number of carbonyl (C=O) groups is 3. The van der Waals surface area contributed by atoms with E-state index in [0.29, 0.717) is 24.4 Å². The van der Waals surface area contributed by atoms with E-state index in [1.807, 2.05) is 25.1 Å². The quantitative estimate of drug-likeness (QED) is 0.711. The molecule has 0 aliphatic rings. The Bertz CT molecular complexity index is 768. The van der Waals surface area contributed by atoms with Crippen LogP contribution in [0.4, 0.5) is 0 Å². The van der Waals surface area contributed by atoms with Crippen LogP contribution in [0.3, 0.4) is 0 Å². The lowest BCUT2D eigenvalue weighted by Crippen LogP contribution is -2.46. The molecular weight excluding hydrogens is 322 g/mol. The lowest BCUT2D eigenvalue weighted by atomic mass is 10.0. The maximum absolute atomic E-state index is 12.6. The minimum Gasteiger partial charge on any atom is -0.435 e. The summed E-state index contributed by atoms with van der Waals surface area (Å²) in [6, 6.07) is 8.12. The van der Waals surface area contributed by atoms with Crippen LogP contribution in [0.25, 0.3) is 11.3 Å². The average Bonchev–Trinajstić information content (AvgIpc) is 3.00. The van der Waals surface area contributed by atoms with E-state index in [1.165, 1.54) is 0 Å². The highest BCUT2D eigenvalue weighted by Gasteiger charge is 2.28. The molecule has 1 heterocycles. The number of Topliss-reactive ketones (excluding diaryl/α,β-unsaturated/α-hetero) is 1. The monoisotopic (exact) mass is 343 g/mol. The first-order chi connectivity index (χ1) is 11.9. The molecule has 132 valence electrons. The highest BCUT2D eigenvalue weighted by atomic mass is 16.4. The number of ketones is 1. The number of nitrogens with zero attached hydrogens (tertiary/aromatic N) is 1. The molecule has 0 spiro atoms. The summed E-state index contributed by atoms with van der Waals surface area (Å²) in [5.74, 6) is -2.16. The third-order valence-corrected chi connectivity index (χ3v) is 3.70. The standard InChI is InChI=1S/C18H21N3O4/c1-3-4-10-13(15(22)17(19)23)21-18(24)16-14(20-11(2)25-16)12-8-6-5-7-9-12/h5-9,13H,3-4,10H2,1-2H3,(H2,19,23)(H,21,24). The van der Waals surface area contributed by atoms with Gasteiger partial charge in [0, 0.05) is 12.5 Å². The van der Waals surface area contributed by atoms with Crippen molar-refractivity contribution in [3.8, 4) is 11.3 Å². The number of oxazole rings is 1. The third kappa shape index (κ3) is 4.53. The Morgan fingerprint density at radius 1 is 1.24 bits per heavy atom. The van der Waals surface area contributed by atoms with Crippen molar-refractivity contribution in [2.75, 3.05) is 0 Å². The van der Waals surface area contributed by atoms with E-state index in [2.05, 4.69) is 10.3 Å². The lowest BCUT2D eigenvalue weighted by molar-refractivity contribution is -0.137. The molecule has 25 heavy (non-hydrogen) atoms. The van der Waals surface area contributed by atoms with Gasteiger partial charge in [0.25, 0.3) is 11.8 Å². The van der Waals surface area contributed by atoms with E-state index in [4.69, 9.17) is 10.2 Å². The molecule has 2 aromatic rings. The van der Waals surface area contributed by atoms with Gasteiger partial charge in [-0.05, 0) is 6.42 Å². The number of aromatic nitrogens is 1. The van der Waals surface area contributed by atoms with Crippen LogP contribution in [0.15, 0.2) is 34.7 Å². The number of carbonyl (C=O) groups excluding carboxylic acids is 3. The number of benzene rings is 1. The van der Waals surface area contributed by atoms with E-state index in [1.54, 1.807) is 19.1 Å². The second-order valence-electron chi connectivity index (χ2n) is 5.67. The van der Waals surface area contributed by atoms with Gasteiger partial charge in [-0.3, -0.25) is 14.4 Å². The molecule has 1 aromatic heterocycles. The van der Waals surface area contributed by atoms with Crippen molar-refractivity contribution in [2.24, 2.45) is 5.73 Å². The summed E-state index contributed by atoms with van der Waals surface area (Å²) >= 11 is 0. The molecule has 3 N–H and O–H groups in total. The third-order valence-electron chi connectivity index (χ3n) is 3.70. The molecule has 7 nitrogen and oxygen atoms in total. The van der Waals surface area contributed by atoms with Crippen LogP contribution in [0.1, 0.15) is 42.6 Å². The van der Waals surface area contributed by atoms with Crippen LogP contribution in [0.2, 0.25) is 0 Å². The zero-order valence-electron chi connectivity index (χ0n) is 14.2. The van der Waals surface area contributed by atoms with E-state index in [0.717, 1.165) is 12.0 Å². The van der Waals surface area contributed by atoms with Gasteiger partial charge in [-0.2, -0.15) is 0 Å². The Kier molecular flexibility index (Phi) is 6.05. The van der Waals surface area contributed by atoms with Crippen molar-refractivity contribution < 1.29 is 18.8 Å². The fourth-order valence-corrected chi connectivity index (χ4v) is 2.45. The Morgan fingerprint density at radius 2 is 1.92 bits per heavy atom. The molecule has 1 unspecified atom stereocenters. The number of unbranched alkanes of at least 4 members (excludes halogenated alkanes) is 1. The maximum Gasteiger partial charge on any atom is 0.289 e. The normalized spacial score (nSPS) is 11.8. The number of primary amides is 1. The minimum atomic E-state index is -1.07. The molecule has 7 heteroatoms. The minimum absolute atomic E-state index is 0.00229. The summed E-state index contributed by atoms with van der Waals surface area (Å²) in [5.41, 5.74) is 6.18. The summed E-state index contributed by atoms with van der Waals surface area (Å²) in [7, 11) is 0. The van der Waals surface area contributed by atoms with Gasteiger partial charge in [-0.25, -0.2) is 4.98 Å². The fraction of sp³-hybridized carbons (Fsp3) is 0.333. The van der Waals surface area contributed by atoms with Crippen LogP contribution in [-0.2, 0) is 9.59 Å². The Balaban J connectivity index is 2.27. The summed E-state index contributed by atoms with van der Waals surface area (Å²) in [4.78, 5) is 40.0. The number of amides is 2. The smallest absolute Gasteiger partial charge is 0.289 e. The van der Waals surface area contributed by atoms with E-state index < -0.39 is 23.6 Å². The van der Waals surface area contributed by atoms with Gasteiger partial charge < -0.3 is 15.5 Å². The molecule has 0 saturated carbocycles. The second kappa shape index (κ2) is 8.23. The maximum atomic E-state index is 12.6. The second-order valence-corrected chi connectivity index (χ2v) is 5.67. The van der Waals surface area contributed by atoms with Gasteiger partial charge >= 0.3 is 0 Å². The first-order valence-corrected chi connectivity index (χ1v) is 8.11. The summed E-state index contributed by atoms with van der Waals surface area (Å²) in [6.07, 6.45) is 1.82. The summed E-state index contributed by atoms with van der Waals surface area (Å²) in [5, 5.41) is 2.55. The fourth-order valence-electron chi connectivity index (χ4n) is 2.45. The molecule has 0 saturated heterocycles. The molecular formula is C18H21N3O4.